The smallest absolute Gasteiger partial charge is 0.271 e. The summed E-state index contributed by atoms with van der Waals surface area (Å²) in [6.45, 7) is 3.33. The minimum Gasteiger partial charge on any atom is -0.346 e. The molecule has 2 bridgehead atoms. The standard InChI is InChI=1S/C14H17N5O/c20-14(12-9-19-6-3-15-13(19)7-16-12)17-11-8-18-4-1-10(11)2-5-18/h3,6-7,9-11H,1-2,4-5,8H2,(H,17,20). The largest absolute Gasteiger partial charge is 0.346 e. The van der Waals surface area contributed by atoms with Crippen LogP contribution in [0.5, 0.6) is 0 Å². The van der Waals surface area contributed by atoms with Crippen molar-refractivity contribution in [3.63, 3.8) is 0 Å². The van der Waals surface area contributed by atoms with Crippen LogP contribution in [0.25, 0.3) is 5.65 Å². The van der Waals surface area contributed by atoms with Crippen molar-refractivity contribution < 1.29 is 4.79 Å². The number of hydrogen-bond donors (Lipinski definition) is 1. The summed E-state index contributed by atoms with van der Waals surface area (Å²) < 4.78 is 1.82. The summed E-state index contributed by atoms with van der Waals surface area (Å²) in [6.07, 6.45) is 9.27. The molecule has 20 heavy (non-hydrogen) atoms. The Morgan fingerprint density at radius 2 is 2.15 bits per heavy atom. The van der Waals surface area contributed by atoms with E-state index in [4.69, 9.17) is 0 Å². The van der Waals surface area contributed by atoms with Crippen LogP contribution in [0.1, 0.15) is 23.3 Å². The molecule has 1 unspecified atom stereocenters. The van der Waals surface area contributed by atoms with E-state index in [1.807, 2.05) is 10.6 Å². The average molecular weight is 271 g/mol. The summed E-state index contributed by atoms with van der Waals surface area (Å²) in [5.74, 6) is 0.542. The van der Waals surface area contributed by atoms with Crippen molar-refractivity contribution in [2.75, 3.05) is 19.6 Å². The quantitative estimate of drug-likeness (QED) is 0.866. The van der Waals surface area contributed by atoms with Crippen LogP contribution in [0.2, 0.25) is 0 Å². The van der Waals surface area contributed by atoms with Crippen molar-refractivity contribution in [2.45, 2.75) is 18.9 Å². The summed E-state index contributed by atoms with van der Waals surface area (Å²) in [4.78, 5) is 23.1. The van der Waals surface area contributed by atoms with Gasteiger partial charge in [-0.2, -0.15) is 0 Å². The van der Waals surface area contributed by atoms with Gasteiger partial charge in [-0.15, -0.1) is 0 Å². The monoisotopic (exact) mass is 271 g/mol. The van der Waals surface area contributed by atoms with E-state index in [9.17, 15) is 4.79 Å². The Hall–Kier alpha value is -1.95. The molecule has 0 aliphatic carbocycles. The van der Waals surface area contributed by atoms with E-state index in [1.165, 1.54) is 25.9 Å². The molecule has 2 aromatic heterocycles. The third-order valence-corrected chi connectivity index (χ3v) is 4.48. The number of aromatic nitrogens is 3. The Balaban J connectivity index is 1.52. The molecule has 0 spiro atoms. The van der Waals surface area contributed by atoms with Gasteiger partial charge in [-0.1, -0.05) is 0 Å². The lowest BCUT2D eigenvalue weighted by Gasteiger charge is -2.44. The number of amides is 1. The molecular formula is C14H17N5O. The Labute approximate surface area is 116 Å². The normalized spacial score (nSPS) is 28.7. The van der Waals surface area contributed by atoms with Crippen LogP contribution in [0.4, 0.5) is 0 Å². The molecule has 0 radical (unpaired) electrons. The van der Waals surface area contributed by atoms with Gasteiger partial charge in [0.2, 0.25) is 0 Å². The van der Waals surface area contributed by atoms with Crippen LogP contribution < -0.4 is 5.32 Å². The summed E-state index contributed by atoms with van der Waals surface area (Å²) in [7, 11) is 0. The first-order valence-corrected chi connectivity index (χ1v) is 7.11. The molecule has 2 aromatic rings. The minimum atomic E-state index is -0.0839. The Morgan fingerprint density at radius 1 is 1.30 bits per heavy atom. The molecule has 1 N–H and O–H groups in total. The third-order valence-electron chi connectivity index (χ3n) is 4.48. The van der Waals surface area contributed by atoms with E-state index < -0.39 is 0 Å². The lowest BCUT2D eigenvalue weighted by molar-refractivity contribution is 0.0617. The molecule has 1 amide bonds. The topological polar surface area (TPSA) is 62.5 Å². The molecule has 6 nitrogen and oxygen atoms in total. The van der Waals surface area contributed by atoms with E-state index in [2.05, 4.69) is 20.2 Å². The fourth-order valence-corrected chi connectivity index (χ4v) is 3.31. The highest BCUT2D eigenvalue weighted by Gasteiger charge is 2.35. The molecule has 0 aromatic carbocycles. The van der Waals surface area contributed by atoms with Crippen LogP contribution in [-0.2, 0) is 0 Å². The van der Waals surface area contributed by atoms with Crippen molar-refractivity contribution in [1.29, 1.82) is 0 Å². The predicted octanol–water partition coefficient (Wildman–Crippen LogP) is 0.553. The van der Waals surface area contributed by atoms with Crippen LogP contribution in [0, 0.1) is 5.92 Å². The molecule has 3 fully saturated rings. The van der Waals surface area contributed by atoms with Crippen molar-refractivity contribution in [1.82, 2.24) is 24.6 Å². The molecule has 3 aliphatic rings. The van der Waals surface area contributed by atoms with E-state index >= 15 is 0 Å². The van der Waals surface area contributed by atoms with E-state index in [0.717, 1.165) is 12.2 Å². The lowest BCUT2D eigenvalue weighted by atomic mass is 9.84. The molecule has 1 atom stereocenters. The van der Waals surface area contributed by atoms with Gasteiger partial charge in [0.05, 0.1) is 6.20 Å². The summed E-state index contributed by atoms with van der Waals surface area (Å²) in [5.41, 5.74) is 1.20. The van der Waals surface area contributed by atoms with Crippen LogP contribution in [0.15, 0.2) is 24.8 Å². The molecular weight excluding hydrogens is 254 g/mol. The first-order chi connectivity index (χ1) is 9.79. The van der Waals surface area contributed by atoms with Crippen molar-refractivity contribution in [2.24, 2.45) is 5.92 Å². The van der Waals surface area contributed by atoms with E-state index in [0.29, 0.717) is 11.6 Å². The molecule has 104 valence electrons. The number of nitrogens with zero attached hydrogens (tertiary/aromatic N) is 4. The molecule has 3 aliphatic heterocycles. The highest BCUT2D eigenvalue weighted by atomic mass is 16.2. The van der Waals surface area contributed by atoms with Crippen LogP contribution >= 0.6 is 0 Å². The molecule has 3 saturated heterocycles. The molecule has 6 heteroatoms. The van der Waals surface area contributed by atoms with Crippen LogP contribution in [-0.4, -0.2) is 50.9 Å². The highest BCUT2D eigenvalue weighted by molar-refractivity contribution is 5.92. The highest BCUT2D eigenvalue weighted by Crippen LogP contribution is 2.27. The van der Waals surface area contributed by atoms with Gasteiger partial charge in [0.15, 0.2) is 5.65 Å². The summed E-state index contributed by atoms with van der Waals surface area (Å²) >= 11 is 0. The summed E-state index contributed by atoms with van der Waals surface area (Å²) in [6, 6.07) is 0.269. The van der Waals surface area contributed by atoms with Gasteiger partial charge in [-0.05, 0) is 31.8 Å². The maximum absolute atomic E-state index is 12.3. The number of carbonyl (C=O) groups is 1. The fourth-order valence-electron chi connectivity index (χ4n) is 3.31. The number of rotatable bonds is 2. The zero-order chi connectivity index (χ0) is 13.5. The maximum atomic E-state index is 12.3. The van der Waals surface area contributed by atoms with Gasteiger partial charge in [-0.3, -0.25) is 4.79 Å². The van der Waals surface area contributed by atoms with Gasteiger partial charge in [-0.25, -0.2) is 9.97 Å². The number of carbonyl (C=O) groups excluding carboxylic acids is 1. The van der Waals surface area contributed by atoms with E-state index in [-0.39, 0.29) is 11.9 Å². The van der Waals surface area contributed by atoms with Crippen molar-refractivity contribution in [3.8, 4) is 0 Å². The first-order valence-electron chi connectivity index (χ1n) is 7.11. The SMILES string of the molecule is O=C(NC1CN2CCC1CC2)c1cn2ccnc2cn1. The predicted molar refractivity (Wildman–Crippen MR) is 73.4 cm³/mol. The number of imidazole rings is 1. The molecule has 0 saturated carbocycles. The Kier molecular flexibility index (Phi) is 2.70. The zero-order valence-electron chi connectivity index (χ0n) is 11.2. The summed E-state index contributed by atoms with van der Waals surface area (Å²) in [5, 5.41) is 3.15. The van der Waals surface area contributed by atoms with Crippen LogP contribution in [0.3, 0.4) is 0 Å². The Morgan fingerprint density at radius 3 is 2.90 bits per heavy atom. The second kappa shape index (κ2) is 4.56. The molecule has 5 rings (SSSR count). The number of hydrogen-bond acceptors (Lipinski definition) is 4. The number of fused-ring (bicyclic) bond motifs is 4. The number of nitrogens with one attached hydrogen (secondary N) is 1. The second-order valence-electron chi connectivity index (χ2n) is 5.68. The third kappa shape index (κ3) is 1.96. The zero-order valence-corrected chi connectivity index (χ0v) is 11.2. The van der Waals surface area contributed by atoms with Crippen molar-refractivity contribution in [3.05, 3.63) is 30.5 Å². The first kappa shape index (κ1) is 11.8. The lowest BCUT2D eigenvalue weighted by Crippen LogP contribution is -2.57. The van der Waals surface area contributed by atoms with Gasteiger partial charge in [0.25, 0.3) is 5.91 Å². The van der Waals surface area contributed by atoms with Gasteiger partial charge >= 0.3 is 0 Å². The Bertz CT molecular complexity index is 644. The van der Waals surface area contributed by atoms with Crippen molar-refractivity contribution >= 4 is 11.6 Å². The fraction of sp³-hybridized carbons (Fsp3) is 0.500. The maximum Gasteiger partial charge on any atom is 0.271 e. The number of piperidine rings is 3. The van der Waals surface area contributed by atoms with E-state index in [1.54, 1.807) is 18.6 Å². The van der Waals surface area contributed by atoms with Gasteiger partial charge in [0, 0.05) is 31.2 Å². The molecule has 5 heterocycles. The van der Waals surface area contributed by atoms with Gasteiger partial charge < -0.3 is 14.6 Å². The second-order valence-corrected chi connectivity index (χ2v) is 5.68. The van der Waals surface area contributed by atoms with Gasteiger partial charge in [0.1, 0.15) is 5.69 Å². The minimum absolute atomic E-state index is 0.0839. The average Bonchev–Trinajstić information content (AvgIpc) is 2.96.